The van der Waals surface area contributed by atoms with Crippen molar-refractivity contribution in [3.8, 4) is 10.7 Å². The van der Waals surface area contributed by atoms with Crippen LogP contribution in [0.15, 0.2) is 24.1 Å². The van der Waals surface area contributed by atoms with E-state index in [0.29, 0.717) is 6.54 Å². The highest BCUT2D eigenvalue weighted by Crippen LogP contribution is 2.18. The summed E-state index contributed by atoms with van der Waals surface area (Å²) in [4.78, 5) is 8.48. The molecule has 2 aromatic rings. The molecule has 0 fully saturated rings. The van der Waals surface area contributed by atoms with E-state index in [9.17, 15) is 0 Å². The van der Waals surface area contributed by atoms with Crippen LogP contribution in [0.4, 0.5) is 0 Å². The van der Waals surface area contributed by atoms with Gasteiger partial charge in [0.25, 0.3) is 0 Å². The molecular formula is C9H12N4S. The number of nitrogens with zero attached hydrogens (tertiary/aromatic N) is 3. The lowest BCUT2D eigenvalue weighted by Crippen LogP contribution is -2.03. The predicted octanol–water partition coefficient (Wildman–Crippen LogP) is 1.36. The SMILES string of the molecule is NCCCn1cnc(-c2nccs2)c1. The second kappa shape index (κ2) is 4.34. The molecule has 0 aromatic carbocycles. The number of imidazole rings is 1. The first kappa shape index (κ1) is 9.36. The standard InChI is InChI=1S/C9H12N4S/c10-2-1-4-13-6-8(12-7-13)9-11-3-5-14-9/h3,5-7H,1-2,4,10H2. The van der Waals surface area contributed by atoms with Crippen molar-refractivity contribution >= 4 is 11.3 Å². The van der Waals surface area contributed by atoms with Crippen molar-refractivity contribution in [1.29, 1.82) is 0 Å². The van der Waals surface area contributed by atoms with Gasteiger partial charge in [-0.2, -0.15) is 0 Å². The summed E-state index contributed by atoms with van der Waals surface area (Å²) in [6.07, 6.45) is 6.60. The van der Waals surface area contributed by atoms with E-state index < -0.39 is 0 Å². The average molecular weight is 208 g/mol. The van der Waals surface area contributed by atoms with Crippen molar-refractivity contribution < 1.29 is 0 Å². The first-order valence-electron chi connectivity index (χ1n) is 4.52. The highest BCUT2D eigenvalue weighted by atomic mass is 32.1. The Kier molecular flexibility index (Phi) is 2.90. The van der Waals surface area contributed by atoms with Crippen molar-refractivity contribution in [3.05, 3.63) is 24.1 Å². The third-order valence-corrected chi connectivity index (χ3v) is 2.70. The fraction of sp³-hybridized carbons (Fsp3) is 0.333. The minimum atomic E-state index is 0.713. The summed E-state index contributed by atoms with van der Waals surface area (Å²) < 4.78 is 2.05. The molecule has 2 heterocycles. The van der Waals surface area contributed by atoms with Crippen molar-refractivity contribution in [3.63, 3.8) is 0 Å². The monoisotopic (exact) mass is 208 g/mol. The lowest BCUT2D eigenvalue weighted by molar-refractivity contribution is 0.650. The molecule has 4 nitrogen and oxygen atoms in total. The quantitative estimate of drug-likeness (QED) is 0.825. The van der Waals surface area contributed by atoms with E-state index in [2.05, 4.69) is 9.97 Å². The summed E-state index contributed by atoms with van der Waals surface area (Å²) >= 11 is 1.60. The van der Waals surface area contributed by atoms with E-state index in [-0.39, 0.29) is 0 Å². The van der Waals surface area contributed by atoms with Gasteiger partial charge in [-0.3, -0.25) is 0 Å². The van der Waals surface area contributed by atoms with Gasteiger partial charge in [-0.25, -0.2) is 9.97 Å². The second-order valence-corrected chi connectivity index (χ2v) is 3.87. The number of hydrogen-bond acceptors (Lipinski definition) is 4. The van der Waals surface area contributed by atoms with Crippen molar-refractivity contribution in [1.82, 2.24) is 14.5 Å². The van der Waals surface area contributed by atoms with Crippen LogP contribution in [-0.4, -0.2) is 21.1 Å². The maximum absolute atomic E-state index is 5.43. The topological polar surface area (TPSA) is 56.7 Å². The Morgan fingerprint density at radius 1 is 1.43 bits per heavy atom. The molecule has 5 heteroatoms. The van der Waals surface area contributed by atoms with Crippen LogP contribution in [0.1, 0.15) is 6.42 Å². The molecule has 2 rings (SSSR count). The van der Waals surface area contributed by atoms with E-state index >= 15 is 0 Å². The Hall–Kier alpha value is -1.20. The van der Waals surface area contributed by atoms with Crippen LogP contribution in [-0.2, 0) is 6.54 Å². The summed E-state index contributed by atoms with van der Waals surface area (Å²) in [6, 6.07) is 0. The van der Waals surface area contributed by atoms with Gasteiger partial charge in [0.1, 0.15) is 10.7 Å². The minimum Gasteiger partial charge on any atom is -0.337 e. The average Bonchev–Trinajstić information content (AvgIpc) is 2.85. The Morgan fingerprint density at radius 2 is 2.36 bits per heavy atom. The van der Waals surface area contributed by atoms with Gasteiger partial charge in [0.15, 0.2) is 0 Å². The van der Waals surface area contributed by atoms with Gasteiger partial charge in [-0.05, 0) is 13.0 Å². The molecule has 0 saturated heterocycles. The van der Waals surface area contributed by atoms with E-state index in [4.69, 9.17) is 5.73 Å². The number of aryl methyl sites for hydroxylation is 1. The van der Waals surface area contributed by atoms with Crippen molar-refractivity contribution in [2.24, 2.45) is 5.73 Å². The van der Waals surface area contributed by atoms with E-state index in [0.717, 1.165) is 23.7 Å². The van der Waals surface area contributed by atoms with Gasteiger partial charge in [-0.1, -0.05) is 0 Å². The number of hydrogen-bond donors (Lipinski definition) is 1. The summed E-state index contributed by atoms with van der Waals surface area (Å²) in [6.45, 7) is 1.64. The molecule has 74 valence electrons. The van der Waals surface area contributed by atoms with Gasteiger partial charge >= 0.3 is 0 Å². The van der Waals surface area contributed by atoms with Gasteiger partial charge in [0, 0.05) is 24.3 Å². The fourth-order valence-electron chi connectivity index (χ4n) is 1.22. The fourth-order valence-corrected chi connectivity index (χ4v) is 1.82. The molecule has 2 aromatic heterocycles. The van der Waals surface area contributed by atoms with E-state index in [1.165, 1.54) is 0 Å². The lowest BCUT2D eigenvalue weighted by atomic mass is 10.4. The second-order valence-electron chi connectivity index (χ2n) is 2.98. The molecule has 0 aliphatic heterocycles. The van der Waals surface area contributed by atoms with Crippen molar-refractivity contribution in [2.45, 2.75) is 13.0 Å². The summed E-state index contributed by atoms with van der Waals surface area (Å²) in [5.41, 5.74) is 6.38. The maximum Gasteiger partial charge on any atom is 0.143 e. The first-order chi connectivity index (χ1) is 6.90. The normalized spacial score (nSPS) is 10.6. The highest BCUT2D eigenvalue weighted by Gasteiger charge is 2.03. The zero-order valence-corrected chi connectivity index (χ0v) is 8.57. The summed E-state index contributed by atoms with van der Waals surface area (Å²) in [5, 5.41) is 2.92. The van der Waals surface area contributed by atoms with Crippen molar-refractivity contribution in [2.75, 3.05) is 6.54 Å². The molecule has 14 heavy (non-hydrogen) atoms. The Bertz CT molecular complexity index is 379. The van der Waals surface area contributed by atoms with Crippen LogP contribution < -0.4 is 5.73 Å². The molecule has 0 unspecified atom stereocenters. The number of aromatic nitrogens is 3. The smallest absolute Gasteiger partial charge is 0.143 e. The molecule has 0 aliphatic carbocycles. The highest BCUT2D eigenvalue weighted by molar-refractivity contribution is 7.13. The molecular weight excluding hydrogens is 196 g/mol. The van der Waals surface area contributed by atoms with Crippen LogP contribution in [0, 0.1) is 0 Å². The molecule has 0 bridgehead atoms. The van der Waals surface area contributed by atoms with Crippen LogP contribution in [0.3, 0.4) is 0 Å². The Balaban J connectivity index is 2.10. The van der Waals surface area contributed by atoms with Gasteiger partial charge in [-0.15, -0.1) is 11.3 Å². The third kappa shape index (κ3) is 2.00. The number of nitrogens with two attached hydrogens (primary N) is 1. The molecule has 2 N–H and O–H groups in total. The maximum atomic E-state index is 5.43. The molecule has 0 saturated carbocycles. The van der Waals surface area contributed by atoms with Crippen LogP contribution in [0.2, 0.25) is 0 Å². The molecule has 0 amide bonds. The van der Waals surface area contributed by atoms with Crippen LogP contribution >= 0.6 is 11.3 Å². The molecule has 0 atom stereocenters. The summed E-state index contributed by atoms with van der Waals surface area (Å²) in [5.74, 6) is 0. The molecule has 0 radical (unpaired) electrons. The van der Waals surface area contributed by atoms with Gasteiger partial charge in [0.2, 0.25) is 0 Å². The first-order valence-corrected chi connectivity index (χ1v) is 5.40. The summed E-state index contributed by atoms with van der Waals surface area (Å²) in [7, 11) is 0. The molecule has 0 spiro atoms. The van der Waals surface area contributed by atoms with E-state index in [1.54, 1.807) is 17.5 Å². The third-order valence-electron chi connectivity index (χ3n) is 1.91. The zero-order chi connectivity index (χ0) is 9.80. The molecule has 0 aliphatic rings. The van der Waals surface area contributed by atoms with Crippen LogP contribution in [0.5, 0.6) is 0 Å². The largest absolute Gasteiger partial charge is 0.337 e. The zero-order valence-electron chi connectivity index (χ0n) is 7.76. The Morgan fingerprint density at radius 3 is 3.07 bits per heavy atom. The Labute approximate surface area is 86.4 Å². The number of rotatable bonds is 4. The van der Waals surface area contributed by atoms with Gasteiger partial charge < -0.3 is 10.3 Å². The van der Waals surface area contributed by atoms with Gasteiger partial charge in [0.05, 0.1) is 6.33 Å². The van der Waals surface area contributed by atoms with E-state index in [1.807, 2.05) is 22.5 Å². The minimum absolute atomic E-state index is 0.713. The van der Waals surface area contributed by atoms with Crippen LogP contribution in [0.25, 0.3) is 10.7 Å². The lowest BCUT2D eigenvalue weighted by Gasteiger charge is -1.97. The predicted molar refractivity (Wildman–Crippen MR) is 57.0 cm³/mol. The number of thiazole rings is 1.